The Labute approximate surface area is 163 Å². The lowest BCUT2D eigenvalue weighted by Gasteiger charge is -2.36. The van der Waals surface area contributed by atoms with Crippen LogP contribution in [0.3, 0.4) is 0 Å². The smallest absolute Gasteiger partial charge is 0.373 e. The molecule has 2 aliphatic heterocycles. The number of nitrogens with zero attached hydrogens (tertiary/aromatic N) is 1. The third-order valence-electron chi connectivity index (χ3n) is 6.59. The van der Waals surface area contributed by atoms with Crippen LogP contribution in [-0.2, 0) is 21.1 Å². The highest BCUT2D eigenvalue weighted by molar-refractivity contribution is 5.88. The molecule has 0 aromatic heterocycles. The van der Waals surface area contributed by atoms with Crippen LogP contribution in [0, 0.1) is 0 Å². The van der Waals surface area contributed by atoms with Crippen molar-refractivity contribution in [3.63, 3.8) is 0 Å². The fourth-order valence-electron chi connectivity index (χ4n) is 5.00. The highest BCUT2D eigenvalue weighted by Crippen LogP contribution is 2.43. The number of hydrogen-bond acceptors (Lipinski definition) is 3. The number of morpholine rings is 1. The zero-order valence-corrected chi connectivity index (χ0v) is 15.9. The molecule has 0 radical (unpaired) electrons. The Morgan fingerprint density at radius 1 is 1.25 bits per heavy atom. The van der Waals surface area contributed by atoms with Crippen molar-refractivity contribution in [1.29, 1.82) is 0 Å². The molecule has 0 bridgehead atoms. The molecule has 2 heterocycles. The lowest BCUT2D eigenvalue weighted by molar-refractivity contribution is -0.138. The molecule has 1 N–H and O–H groups in total. The maximum absolute atomic E-state index is 13.2. The third kappa shape index (κ3) is 3.79. The van der Waals surface area contributed by atoms with Crippen LogP contribution < -0.4 is 5.32 Å². The van der Waals surface area contributed by atoms with Crippen molar-refractivity contribution in [3.8, 4) is 0 Å². The number of rotatable bonds is 4. The van der Waals surface area contributed by atoms with Gasteiger partial charge in [-0.3, -0.25) is 9.69 Å². The molecule has 1 aromatic rings. The minimum atomic E-state index is -4.41. The molecule has 2 atom stereocenters. The van der Waals surface area contributed by atoms with Crippen LogP contribution in [0.2, 0.25) is 0 Å². The Balaban J connectivity index is 1.46. The van der Waals surface area contributed by atoms with Crippen molar-refractivity contribution >= 4 is 5.91 Å². The Bertz CT molecular complexity index is 716. The molecule has 3 fully saturated rings. The number of carbonyl (C=O) groups is 1. The summed E-state index contributed by atoms with van der Waals surface area (Å²) in [5, 5.41) is 3.00. The number of alkyl halides is 3. The van der Waals surface area contributed by atoms with E-state index < -0.39 is 17.2 Å². The Kier molecular flexibility index (Phi) is 5.40. The van der Waals surface area contributed by atoms with Gasteiger partial charge in [-0.25, -0.2) is 0 Å². The Hall–Kier alpha value is -1.60. The number of ether oxygens (including phenoxy) is 1. The van der Waals surface area contributed by atoms with Crippen molar-refractivity contribution in [2.45, 2.75) is 62.3 Å². The first-order valence-electron chi connectivity index (χ1n) is 10.2. The average molecular weight is 396 g/mol. The van der Waals surface area contributed by atoms with Crippen molar-refractivity contribution < 1.29 is 22.7 Å². The van der Waals surface area contributed by atoms with Gasteiger partial charge in [-0.05, 0) is 43.9 Å². The van der Waals surface area contributed by atoms with Gasteiger partial charge in [0.25, 0.3) is 0 Å². The predicted octanol–water partition coefficient (Wildman–Crippen LogP) is 3.50. The molecule has 154 valence electrons. The van der Waals surface area contributed by atoms with Gasteiger partial charge in [-0.15, -0.1) is 0 Å². The van der Waals surface area contributed by atoms with Crippen molar-refractivity contribution in [3.05, 3.63) is 35.4 Å². The third-order valence-corrected chi connectivity index (χ3v) is 6.59. The number of hydrogen-bond donors (Lipinski definition) is 1. The monoisotopic (exact) mass is 396 g/mol. The summed E-state index contributed by atoms with van der Waals surface area (Å²) >= 11 is 0. The first-order chi connectivity index (χ1) is 13.4. The van der Waals surface area contributed by atoms with Gasteiger partial charge in [0.2, 0.25) is 5.91 Å². The fraction of sp³-hybridized carbons (Fsp3) is 0.667. The number of carbonyl (C=O) groups excluding carboxylic acids is 1. The predicted molar refractivity (Wildman–Crippen MR) is 98.9 cm³/mol. The van der Waals surface area contributed by atoms with E-state index in [2.05, 4.69) is 10.2 Å². The van der Waals surface area contributed by atoms with Crippen LogP contribution in [0.25, 0.3) is 0 Å². The fourth-order valence-corrected chi connectivity index (χ4v) is 5.00. The molecule has 4 nitrogen and oxygen atoms in total. The largest absolute Gasteiger partial charge is 0.416 e. The molecule has 28 heavy (non-hydrogen) atoms. The summed E-state index contributed by atoms with van der Waals surface area (Å²) in [4.78, 5) is 15.6. The lowest BCUT2D eigenvalue weighted by atomic mass is 9.77. The molecule has 1 aliphatic carbocycles. The van der Waals surface area contributed by atoms with E-state index in [9.17, 15) is 18.0 Å². The van der Waals surface area contributed by atoms with Crippen LogP contribution in [0.15, 0.2) is 24.3 Å². The molecule has 1 aromatic carbocycles. The van der Waals surface area contributed by atoms with Crippen LogP contribution >= 0.6 is 0 Å². The molecule has 2 saturated heterocycles. The van der Waals surface area contributed by atoms with Gasteiger partial charge in [-0.2, -0.15) is 13.2 Å². The van der Waals surface area contributed by atoms with Gasteiger partial charge in [-0.1, -0.05) is 31.0 Å². The zero-order valence-electron chi connectivity index (χ0n) is 15.9. The number of halogens is 3. The van der Waals surface area contributed by atoms with E-state index in [0.717, 1.165) is 44.5 Å². The molecule has 1 saturated carbocycles. The molecule has 0 spiro atoms. The topological polar surface area (TPSA) is 41.6 Å². The quantitative estimate of drug-likeness (QED) is 0.847. The normalized spacial score (nSPS) is 27.5. The molecule has 3 aliphatic rings. The average Bonchev–Trinajstić information content (AvgIpc) is 3.35. The molecule has 0 unspecified atom stereocenters. The summed E-state index contributed by atoms with van der Waals surface area (Å²) in [5.41, 5.74) is -1.09. The maximum atomic E-state index is 13.2. The van der Waals surface area contributed by atoms with Crippen molar-refractivity contribution in [1.82, 2.24) is 10.2 Å². The Morgan fingerprint density at radius 2 is 2.04 bits per heavy atom. The molecule has 1 amide bonds. The summed E-state index contributed by atoms with van der Waals surface area (Å²) in [5.74, 6) is -0.170. The first-order valence-corrected chi connectivity index (χ1v) is 10.2. The highest BCUT2D eigenvalue weighted by atomic mass is 19.4. The summed E-state index contributed by atoms with van der Waals surface area (Å²) in [6, 6.07) is 5.77. The maximum Gasteiger partial charge on any atom is 0.416 e. The van der Waals surface area contributed by atoms with Crippen LogP contribution in [-0.4, -0.2) is 49.2 Å². The van der Waals surface area contributed by atoms with E-state index in [1.54, 1.807) is 6.07 Å². The van der Waals surface area contributed by atoms with Gasteiger partial charge in [0.05, 0.1) is 23.7 Å². The van der Waals surface area contributed by atoms with E-state index in [1.807, 2.05) is 0 Å². The van der Waals surface area contributed by atoms with E-state index in [4.69, 9.17) is 4.74 Å². The van der Waals surface area contributed by atoms with Gasteiger partial charge in [0.15, 0.2) is 0 Å². The second-order valence-corrected chi connectivity index (χ2v) is 8.32. The molecular weight excluding hydrogens is 369 g/mol. The summed E-state index contributed by atoms with van der Waals surface area (Å²) in [7, 11) is 0. The van der Waals surface area contributed by atoms with Crippen LogP contribution in [0.1, 0.15) is 49.7 Å². The van der Waals surface area contributed by atoms with Crippen molar-refractivity contribution in [2.24, 2.45) is 0 Å². The minimum absolute atomic E-state index is 0.0572. The summed E-state index contributed by atoms with van der Waals surface area (Å²) in [6.07, 6.45) is 0.744. The summed E-state index contributed by atoms with van der Waals surface area (Å²) < 4.78 is 45.4. The second-order valence-electron chi connectivity index (χ2n) is 8.32. The highest BCUT2D eigenvalue weighted by Gasteiger charge is 2.44. The summed E-state index contributed by atoms with van der Waals surface area (Å²) in [6.45, 7) is 2.98. The second kappa shape index (κ2) is 7.67. The van der Waals surface area contributed by atoms with E-state index in [-0.39, 0.29) is 12.0 Å². The van der Waals surface area contributed by atoms with Gasteiger partial charge in [0.1, 0.15) is 0 Å². The minimum Gasteiger partial charge on any atom is -0.373 e. The number of fused-ring (bicyclic) bond motifs is 1. The SMILES string of the molecule is O=C(NC[C@H]1CN2CCC[C@H]2CO1)C1(c2cccc(C(F)(F)F)c2)CCCC1. The molecule has 7 heteroatoms. The number of nitrogens with one attached hydrogen (secondary N) is 1. The van der Waals surface area contributed by atoms with Crippen molar-refractivity contribution in [2.75, 3.05) is 26.2 Å². The number of amides is 1. The lowest BCUT2D eigenvalue weighted by Crippen LogP contribution is -2.52. The van der Waals surface area contributed by atoms with E-state index in [0.29, 0.717) is 37.6 Å². The van der Waals surface area contributed by atoms with E-state index >= 15 is 0 Å². The molecular formula is C21H27F3N2O2. The van der Waals surface area contributed by atoms with Gasteiger partial charge >= 0.3 is 6.18 Å². The van der Waals surface area contributed by atoms with Gasteiger partial charge in [0, 0.05) is 19.1 Å². The van der Waals surface area contributed by atoms with Gasteiger partial charge < -0.3 is 10.1 Å². The number of benzene rings is 1. The Morgan fingerprint density at radius 3 is 2.79 bits per heavy atom. The van der Waals surface area contributed by atoms with E-state index in [1.165, 1.54) is 12.5 Å². The standard InChI is InChI=1S/C21H27F3N2O2/c22-21(23,24)16-6-3-5-15(11-16)20(8-1-2-9-20)19(27)25-12-18-13-26-10-4-7-17(26)14-28-18/h3,5-6,11,17-18H,1-2,4,7-10,12-14H2,(H,25,27)/t17-,18-/m0/s1. The molecule has 4 rings (SSSR count). The van der Waals surface area contributed by atoms with Crippen LogP contribution in [0.5, 0.6) is 0 Å². The zero-order chi connectivity index (χ0) is 19.8. The first kappa shape index (κ1) is 19.7. The van der Waals surface area contributed by atoms with Crippen LogP contribution in [0.4, 0.5) is 13.2 Å².